The van der Waals surface area contributed by atoms with Crippen molar-refractivity contribution in [1.29, 1.82) is 0 Å². The quantitative estimate of drug-likeness (QED) is 0.514. The predicted molar refractivity (Wildman–Crippen MR) is 119 cm³/mol. The zero-order valence-electron chi connectivity index (χ0n) is 16.2. The highest BCUT2D eigenvalue weighted by atomic mass is 35.5. The van der Waals surface area contributed by atoms with E-state index in [0.717, 1.165) is 5.56 Å². The molecule has 0 aromatic heterocycles. The molecule has 0 saturated carbocycles. The lowest BCUT2D eigenvalue weighted by molar-refractivity contribution is 0.256. The van der Waals surface area contributed by atoms with Gasteiger partial charge in [0.05, 0.1) is 10.6 Å². The van der Waals surface area contributed by atoms with Gasteiger partial charge in [0.25, 0.3) is 10.0 Å². The highest BCUT2D eigenvalue weighted by Gasteiger charge is 2.23. The molecule has 0 unspecified atom stereocenters. The number of hydrogen-bond donors (Lipinski definition) is 3. The van der Waals surface area contributed by atoms with Gasteiger partial charge in [-0.2, -0.15) is 0 Å². The van der Waals surface area contributed by atoms with E-state index in [-0.39, 0.29) is 21.0 Å². The topological polar surface area (TPSA) is 135 Å². The van der Waals surface area contributed by atoms with Gasteiger partial charge in [0.2, 0.25) is 10.0 Å². The first-order chi connectivity index (χ1) is 14.5. The number of hydrogen-bond acceptors (Lipinski definition) is 5. The first-order valence-electron chi connectivity index (χ1n) is 8.79. The van der Waals surface area contributed by atoms with E-state index < -0.39 is 26.1 Å². The summed E-state index contributed by atoms with van der Waals surface area (Å²) in [5.41, 5.74) is 1.45. The Morgan fingerprint density at radius 1 is 0.935 bits per heavy atom. The summed E-state index contributed by atoms with van der Waals surface area (Å²) in [5.74, 6) is 0. The third-order valence-electron chi connectivity index (χ3n) is 4.27. The lowest BCUT2D eigenvalue weighted by Crippen LogP contribution is -2.35. The number of rotatable bonds is 5. The van der Waals surface area contributed by atoms with E-state index in [9.17, 15) is 21.6 Å². The zero-order chi connectivity index (χ0) is 22.8. The van der Waals surface area contributed by atoms with Crippen molar-refractivity contribution in [1.82, 2.24) is 4.72 Å². The summed E-state index contributed by atoms with van der Waals surface area (Å²) in [4.78, 5) is 12.0. The second kappa shape index (κ2) is 8.67. The molecule has 3 aromatic carbocycles. The number of urea groups is 1. The number of nitrogens with two attached hydrogens (primary N) is 1. The van der Waals surface area contributed by atoms with Crippen molar-refractivity contribution >= 4 is 43.4 Å². The van der Waals surface area contributed by atoms with E-state index in [1.54, 1.807) is 49.4 Å². The van der Waals surface area contributed by atoms with Crippen LogP contribution >= 0.6 is 11.6 Å². The molecule has 8 nitrogen and oxygen atoms in total. The lowest BCUT2D eigenvalue weighted by atomic mass is 10.0. The zero-order valence-corrected chi connectivity index (χ0v) is 18.6. The average Bonchev–Trinajstić information content (AvgIpc) is 2.67. The molecule has 0 fully saturated rings. The van der Waals surface area contributed by atoms with Gasteiger partial charge in [-0.15, -0.1) is 0 Å². The fraction of sp³-hybridized carbons (Fsp3) is 0.0500. The van der Waals surface area contributed by atoms with Crippen LogP contribution in [0.25, 0.3) is 11.1 Å². The molecule has 3 rings (SSSR count). The van der Waals surface area contributed by atoms with Crippen LogP contribution in [0.3, 0.4) is 0 Å². The number of benzene rings is 3. The molecule has 0 radical (unpaired) electrons. The molecule has 0 aliphatic heterocycles. The van der Waals surface area contributed by atoms with Crippen molar-refractivity contribution < 1.29 is 21.6 Å². The summed E-state index contributed by atoms with van der Waals surface area (Å²) in [6.45, 7) is 1.79. The van der Waals surface area contributed by atoms with Crippen LogP contribution < -0.4 is 15.2 Å². The van der Waals surface area contributed by atoms with E-state index in [2.05, 4.69) is 5.32 Å². The van der Waals surface area contributed by atoms with Crippen molar-refractivity contribution in [3.8, 4) is 11.1 Å². The molecule has 31 heavy (non-hydrogen) atoms. The van der Waals surface area contributed by atoms with Crippen molar-refractivity contribution in [2.75, 3.05) is 5.32 Å². The summed E-state index contributed by atoms with van der Waals surface area (Å²) in [5, 5.41) is 7.99. The molecule has 0 aliphatic carbocycles. The maximum Gasteiger partial charge on any atom is 0.333 e. The van der Waals surface area contributed by atoms with Crippen molar-refractivity contribution in [3.05, 3.63) is 77.3 Å². The van der Waals surface area contributed by atoms with Gasteiger partial charge in [-0.1, -0.05) is 53.6 Å². The Balaban J connectivity index is 2.01. The van der Waals surface area contributed by atoms with Crippen molar-refractivity contribution in [2.45, 2.75) is 16.7 Å². The summed E-state index contributed by atoms with van der Waals surface area (Å²) >= 11 is 6.03. The van der Waals surface area contributed by atoms with Crippen LogP contribution in [0.15, 0.2) is 76.5 Å². The minimum atomic E-state index is -4.25. The Morgan fingerprint density at radius 2 is 1.58 bits per heavy atom. The molecule has 11 heteroatoms. The number of primary sulfonamides is 1. The number of carbonyl (C=O) groups is 1. The monoisotopic (exact) mass is 479 g/mol. The van der Waals surface area contributed by atoms with E-state index in [1.807, 2.05) is 4.72 Å². The Labute approximate surface area is 185 Å². The first-order valence-corrected chi connectivity index (χ1v) is 12.2. The molecule has 0 aliphatic rings. The van der Waals surface area contributed by atoms with Crippen LogP contribution in [0.1, 0.15) is 5.56 Å². The number of halogens is 1. The predicted octanol–water partition coefficient (Wildman–Crippen LogP) is 3.47. The van der Waals surface area contributed by atoms with Crippen molar-refractivity contribution in [2.24, 2.45) is 5.14 Å². The van der Waals surface area contributed by atoms with Gasteiger partial charge >= 0.3 is 6.03 Å². The molecular formula is C20H18ClN3O5S2. The number of para-hydroxylation sites is 1. The molecule has 2 amide bonds. The number of carbonyl (C=O) groups excluding carboxylic acids is 1. The third-order valence-corrected chi connectivity index (χ3v) is 6.80. The van der Waals surface area contributed by atoms with Gasteiger partial charge in [0.15, 0.2) is 0 Å². The standard InChI is InChI=1S/C20H18ClN3O5S2/c1-13-8-10-16(11-9-13)31(28,29)24-20(25)23-19-17(14-4-2-5-15(21)12-14)6-3-7-18(19)30(22,26)27/h2-12H,1H3,(H2,22,26,27)(H2,23,24,25). The van der Waals surface area contributed by atoms with Gasteiger partial charge in [-0.25, -0.2) is 31.5 Å². The van der Waals surface area contributed by atoms with Gasteiger partial charge in [-0.3, -0.25) is 0 Å². The fourth-order valence-electron chi connectivity index (χ4n) is 2.83. The summed E-state index contributed by atoms with van der Waals surface area (Å²) in [6.07, 6.45) is 0. The number of sulfonamides is 2. The largest absolute Gasteiger partial charge is 0.333 e. The molecule has 0 heterocycles. The van der Waals surface area contributed by atoms with Crippen LogP contribution in [-0.2, 0) is 20.0 Å². The molecular weight excluding hydrogens is 462 g/mol. The third kappa shape index (κ3) is 5.42. The van der Waals surface area contributed by atoms with Crippen LogP contribution in [0.5, 0.6) is 0 Å². The summed E-state index contributed by atoms with van der Waals surface area (Å²) in [7, 11) is -8.44. The maximum atomic E-state index is 12.5. The maximum absolute atomic E-state index is 12.5. The fourth-order valence-corrected chi connectivity index (χ4v) is 4.64. The minimum Gasteiger partial charge on any atom is -0.305 e. The Morgan fingerprint density at radius 3 is 2.19 bits per heavy atom. The van der Waals surface area contributed by atoms with Gasteiger partial charge in [0, 0.05) is 10.6 Å². The lowest BCUT2D eigenvalue weighted by Gasteiger charge is -2.16. The molecule has 4 N–H and O–H groups in total. The molecule has 0 bridgehead atoms. The smallest absolute Gasteiger partial charge is 0.305 e. The van der Waals surface area contributed by atoms with E-state index >= 15 is 0 Å². The van der Waals surface area contributed by atoms with E-state index in [1.165, 1.54) is 24.3 Å². The van der Waals surface area contributed by atoms with Crippen LogP contribution in [0.4, 0.5) is 10.5 Å². The molecule has 162 valence electrons. The Kier molecular flexibility index (Phi) is 6.37. The van der Waals surface area contributed by atoms with Gasteiger partial charge in [0.1, 0.15) is 4.90 Å². The molecule has 0 atom stereocenters. The second-order valence-corrected chi connectivity index (χ2v) is 10.3. The number of nitrogens with one attached hydrogen (secondary N) is 2. The number of anilines is 1. The van der Waals surface area contributed by atoms with E-state index in [4.69, 9.17) is 16.7 Å². The SMILES string of the molecule is Cc1ccc(S(=O)(=O)NC(=O)Nc2c(-c3cccc(Cl)c3)cccc2S(N)(=O)=O)cc1. The Bertz CT molecular complexity index is 1360. The molecule has 0 spiro atoms. The van der Waals surface area contributed by atoms with Gasteiger partial charge in [-0.05, 0) is 42.8 Å². The van der Waals surface area contributed by atoms with E-state index in [0.29, 0.717) is 10.6 Å². The first kappa shape index (κ1) is 22.8. The molecule has 0 saturated heterocycles. The van der Waals surface area contributed by atoms with Crippen LogP contribution in [0.2, 0.25) is 5.02 Å². The number of aryl methyl sites for hydroxylation is 1. The van der Waals surface area contributed by atoms with Crippen molar-refractivity contribution in [3.63, 3.8) is 0 Å². The minimum absolute atomic E-state index is 0.122. The van der Waals surface area contributed by atoms with Gasteiger partial charge < -0.3 is 5.32 Å². The van der Waals surface area contributed by atoms with Crippen LogP contribution in [0, 0.1) is 6.92 Å². The summed E-state index contributed by atoms with van der Waals surface area (Å²) < 4.78 is 51.0. The number of amides is 2. The van der Waals surface area contributed by atoms with Crippen LogP contribution in [-0.4, -0.2) is 22.9 Å². The highest BCUT2D eigenvalue weighted by Crippen LogP contribution is 2.34. The second-order valence-electron chi connectivity index (χ2n) is 6.61. The highest BCUT2D eigenvalue weighted by molar-refractivity contribution is 7.90. The average molecular weight is 480 g/mol. The summed E-state index contributed by atoms with van der Waals surface area (Å²) in [6, 6.07) is 15.4. The normalized spacial score (nSPS) is 11.7. The molecule has 3 aromatic rings. The Hall–Kier alpha value is -2.92.